The minimum atomic E-state index is 0.137. The van der Waals surface area contributed by atoms with E-state index in [1.165, 1.54) is 20.9 Å². The summed E-state index contributed by atoms with van der Waals surface area (Å²) in [7, 11) is 1.69. The van der Waals surface area contributed by atoms with Gasteiger partial charge in [-0.2, -0.15) is 0 Å². The molecular weight excluding hydrogens is 400 g/mol. The normalized spacial score (nSPS) is 11.4. The van der Waals surface area contributed by atoms with Crippen LogP contribution in [0.25, 0.3) is 0 Å². The summed E-state index contributed by atoms with van der Waals surface area (Å²) >= 11 is 1.82. The van der Waals surface area contributed by atoms with Crippen LogP contribution in [0.2, 0.25) is 0 Å². The van der Waals surface area contributed by atoms with Gasteiger partial charge in [0, 0.05) is 27.3 Å². The third kappa shape index (κ3) is 5.10. The number of benzene rings is 2. The van der Waals surface area contributed by atoms with E-state index < -0.39 is 0 Å². The van der Waals surface area contributed by atoms with Crippen LogP contribution in [0.4, 0.5) is 0 Å². The highest BCUT2D eigenvalue weighted by molar-refractivity contribution is 7.12. The molecule has 2 aromatic carbocycles. The van der Waals surface area contributed by atoms with Gasteiger partial charge in [-0.1, -0.05) is 71.4 Å². The number of carbonyl (C=O) groups excluding carboxylic acids is 1. The van der Waals surface area contributed by atoms with Gasteiger partial charge in [-0.25, -0.2) is 0 Å². The van der Waals surface area contributed by atoms with Crippen molar-refractivity contribution in [2.45, 2.75) is 65.7 Å². The van der Waals surface area contributed by atoms with Crippen molar-refractivity contribution in [2.75, 3.05) is 7.11 Å². The van der Waals surface area contributed by atoms with Crippen LogP contribution >= 0.6 is 11.3 Å². The molecule has 0 N–H and O–H groups in total. The van der Waals surface area contributed by atoms with Crippen molar-refractivity contribution in [1.29, 1.82) is 0 Å². The zero-order valence-electron chi connectivity index (χ0n) is 19.6. The third-order valence-electron chi connectivity index (χ3n) is 5.65. The van der Waals surface area contributed by atoms with Crippen molar-refractivity contribution in [2.24, 2.45) is 0 Å². The van der Waals surface area contributed by atoms with Gasteiger partial charge in [0.2, 0.25) is 0 Å². The van der Waals surface area contributed by atoms with Gasteiger partial charge in [0.25, 0.3) is 0 Å². The van der Waals surface area contributed by atoms with Gasteiger partial charge >= 0.3 is 0 Å². The average Bonchev–Trinajstić information content (AvgIpc) is 3.14. The van der Waals surface area contributed by atoms with E-state index in [2.05, 4.69) is 58.9 Å². The molecule has 164 valence electrons. The molecule has 2 nitrogen and oxygen atoms in total. The predicted molar refractivity (Wildman–Crippen MR) is 132 cm³/mol. The van der Waals surface area contributed by atoms with Crippen molar-refractivity contribution in [3.8, 4) is 5.75 Å². The molecule has 0 atom stereocenters. The number of thiophene rings is 1. The number of hydrogen-bond acceptors (Lipinski definition) is 3. The number of aryl methyl sites for hydroxylation is 1. The fourth-order valence-electron chi connectivity index (χ4n) is 4.20. The topological polar surface area (TPSA) is 26.3 Å². The number of ether oxygens (including phenoxy) is 1. The maximum absolute atomic E-state index is 13.9. The van der Waals surface area contributed by atoms with Gasteiger partial charge in [0.05, 0.1) is 7.11 Å². The second-order valence-corrected chi connectivity index (χ2v) is 9.89. The molecule has 1 aromatic heterocycles. The molecule has 1 heterocycles. The molecular formula is C28H34O2S. The highest BCUT2D eigenvalue weighted by atomic mass is 32.1. The summed E-state index contributed by atoms with van der Waals surface area (Å²) in [4.78, 5) is 16.5. The lowest BCUT2D eigenvalue weighted by molar-refractivity contribution is 0.103. The maximum atomic E-state index is 13.9. The van der Waals surface area contributed by atoms with E-state index in [0.29, 0.717) is 11.8 Å². The first-order chi connectivity index (χ1) is 14.9. The molecule has 3 rings (SSSR count). The Bertz CT molecular complexity index is 1030. The third-order valence-corrected chi connectivity index (χ3v) is 7.15. The van der Waals surface area contributed by atoms with E-state index in [1.807, 2.05) is 35.6 Å². The Morgan fingerprint density at radius 2 is 1.71 bits per heavy atom. The van der Waals surface area contributed by atoms with Crippen LogP contribution in [-0.4, -0.2) is 12.9 Å². The van der Waals surface area contributed by atoms with Crippen molar-refractivity contribution in [3.05, 3.63) is 86.1 Å². The largest absolute Gasteiger partial charge is 0.496 e. The van der Waals surface area contributed by atoms with E-state index in [-0.39, 0.29) is 5.78 Å². The van der Waals surface area contributed by atoms with E-state index in [9.17, 15) is 4.79 Å². The molecule has 0 aliphatic rings. The molecule has 0 radical (unpaired) electrons. The molecule has 0 bridgehead atoms. The number of hydrogen-bond donors (Lipinski definition) is 0. The Morgan fingerprint density at radius 3 is 2.29 bits per heavy atom. The van der Waals surface area contributed by atoms with Crippen LogP contribution in [0.1, 0.15) is 95.2 Å². The highest BCUT2D eigenvalue weighted by Crippen LogP contribution is 2.40. The van der Waals surface area contributed by atoms with E-state index in [1.54, 1.807) is 7.11 Å². The van der Waals surface area contributed by atoms with Crippen molar-refractivity contribution in [1.82, 2.24) is 0 Å². The van der Waals surface area contributed by atoms with Crippen molar-refractivity contribution >= 4 is 17.1 Å². The molecule has 3 aromatic rings. The van der Waals surface area contributed by atoms with E-state index in [0.717, 1.165) is 41.7 Å². The molecule has 0 fully saturated rings. The quantitative estimate of drug-likeness (QED) is 0.321. The summed E-state index contributed by atoms with van der Waals surface area (Å²) in [5, 5.41) is 0. The lowest BCUT2D eigenvalue weighted by Gasteiger charge is -2.15. The molecule has 0 saturated heterocycles. The Kier molecular flexibility index (Phi) is 7.72. The molecule has 0 amide bonds. The van der Waals surface area contributed by atoms with Crippen LogP contribution in [0, 0.1) is 0 Å². The van der Waals surface area contributed by atoms with Gasteiger partial charge in [-0.15, -0.1) is 11.3 Å². The molecule has 0 aliphatic carbocycles. The van der Waals surface area contributed by atoms with Gasteiger partial charge in [-0.05, 0) is 53.1 Å². The Hall–Kier alpha value is -2.39. The van der Waals surface area contributed by atoms with Gasteiger partial charge in [0.15, 0.2) is 5.78 Å². The summed E-state index contributed by atoms with van der Waals surface area (Å²) in [6, 6.07) is 16.4. The average molecular weight is 435 g/mol. The van der Waals surface area contributed by atoms with Gasteiger partial charge < -0.3 is 4.74 Å². The predicted octanol–water partition coefficient (Wildman–Crippen LogP) is 7.78. The Balaban J connectivity index is 2.15. The smallest absolute Gasteiger partial charge is 0.194 e. The summed E-state index contributed by atoms with van der Waals surface area (Å²) in [6.45, 7) is 11.0. The van der Waals surface area contributed by atoms with Crippen LogP contribution < -0.4 is 4.74 Å². The first kappa shape index (κ1) is 23.3. The maximum Gasteiger partial charge on any atom is 0.194 e. The molecule has 3 heteroatoms. The molecule has 31 heavy (non-hydrogen) atoms. The van der Waals surface area contributed by atoms with Crippen LogP contribution in [0.5, 0.6) is 5.75 Å². The van der Waals surface area contributed by atoms with Crippen LogP contribution in [-0.2, 0) is 12.8 Å². The van der Waals surface area contributed by atoms with Crippen LogP contribution in [0.15, 0.2) is 48.5 Å². The lowest BCUT2D eigenvalue weighted by Crippen LogP contribution is -2.09. The minimum absolute atomic E-state index is 0.137. The number of ketones is 1. The second kappa shape index (κ2) is 10.3. The Labute approximate surface area is 191 Å². The van der Waals surface area contributed by atoms with Crippen LogP contribution in [0.3, 0.4) is 0 Å². The monoisotopic (exact) mass is 434 g/mol. The molecule has 0 saturated carbocycles. The zero-order valence-corrected chi connectivity index (χ0v) is 20.4. The first-order valence-corrected chi connectivity index (χ1v) is 12.1. The van der Waals surface area contributed by atoms with Crippen molar-refractivity contribution < 1.29 is 9.53 Å². The van der Waals surface area contributed by atoms with Crippen molar-refractivity contribution in [3.63, 3.8) is 0 Å². The number of methoxy groups -OCH3 is 1. The fraction of sp³-hybridized carbons (Fsp3) is 0.393. The van der Waals surface area contributed by atoms with Gasteiger partial charge in [-0.3, -0.25) is 4.79 Å². The number of rotatable bonds is 9. The summed E-state index contributed by atoms with van der Waals surface area (Å²) < 4.78 is 5.53. The highest BCUT2D eigenvalue weighted by Gasteiger charge is 2.27. The van der Waals surface area contributed by atoms with E-state index in [4.69, 9.17) is 4.74 Å². The zero-order chi connectivity index (χ0) is 22.5. The van der Waals surface area contributed by atoms with E-state index >= 15 is 0 Å². The number of carbonyl (C=O) groups is 1. The first-order valence-electron chi connectivity index (χ1n) is 11.3. The molecule has 0 spiro atoms. The van der Waals surface area contributed by atoms with Gasteiger partial charge in [0.1, 0.15) is 5.75 Å². The molecule has 0 aliphatic heterocycles. The fourth-order valence-corrected chi connectivity index (χ4v) is 5.69. The lowest BCUT2D eigenvalue weighted by atomic mass is 9.88. The standard InChI is InChI=1S/C28H34O2S/c1-7-11-21-17-22(14-15-23(21)30-6)27(29)26-24(16-20-12-9-8-10-13-20)31-28(19(4)5)25(26)18(2)3/h8-10,12-15,17-19H,7,11,16H2,1-6H3. The second-order valence-electron chi connectivity index (χ2n) is 8.76. The summed E-state index contributed by atoms with van der Waals surface area (Å²) in [6.07, 6.45) is 2.70. The molecule has 0 unspecified atom stereocenters. The summed E-state index contributed by atoms with van der Waals surface area (Å²) in [5.74, 6) is 1.69. The summed E-state index contributed by atoms with van der Waals surface area (Å²) in [5.41, 5.74) is 5.24. The minimum Gasteiger partial charge on any atom is -0.496 e. The SMILES string of the molecule is CCCc1cc(C(=O)c2c(Cc3ccccc3)sc(C(C)C)c2C(C)C)ccc1OC. The Morgan fingerprint density at radius 1 is 1.00 bits per heavy atom.